The van der Waals surface area contributed by atoms with E-state index in [9.17, 15) is 0 Å². The first-order valence-corrected chi connectivity index (χ1v) is 6.04. The third-order valence-corrected chi connectivity index (χ3v) is 2.88. The maximum absolute atomic E-state index is 4.30. The molecule has 3 nitrogen and oxygen atoms in total. The minimum absolute atomic E-state index is 0.836. The Balaban J connectivity index is 2.38. The van der Waals surface area contributed by atoms with Crippen molar-refractivity contribution in [3.05, 3.63) is 23.8 Å². The molecule has 1 N–H and O–H groups in total. The molecule has 0 saturated carbocycles. The fraction of sp³-hybridized carbons (Fsp3) is 0.600. The molecule has 0 fully saturated rings. The smallest absolute Gasteiger partial charge is 0.138 e. The number of rotatable bonds is 6. The van der Waals surface area contributed by atoms with E-state index in [0.29, 0.717) is 0 Å². The molecule has 1 rings (SSSR count). The summed E-state index contributed by atoms with van der Waals surface area (Å²) < 4.78 is 0. The minimum Gasteiger partial charge on any atom is -0.316 e. The van der Waals surface area contributed by atoms with Crippen molar-refractivity contribution < 1.29 is 0 Å². The average molecular weight is 211 g/mol. The predicted octanol–water partition coefficient (Wildman–Crippen LogP) is 1.84. The van der Waals surface area contributed by atoms with Crippen LogP contribution in [0.1, 0.15) is 24.7 Å². The molecule has 0 saturated heterocycles. The van der Waals surface area contributed by atoms with Crippen molar-refractivity contribution in [2.75, 3.05) is 12.8 Å². The van der Waals surface area contributed by atoms with Gasteiger partial charge in [0.15, 0.2) is 0 Å². The average Bonchev–Trinajstić information content (AvgIpc) is 2.21. The quantitative estimate of drug-likeness (QED) is 0.729. The Morgan fingerprint density at radius 2 is 2.07 bits per heavy atom. The van der Waals surface area contributed by atoms with E-state index in [1.807, 2.05) is 31.2 Å². The van der Waals surface area contributed by atoms with Crippen molar-refractivity contribution in [1.82, 2.24) is 15.3 Å². The van der Waals surface area contributed by atoms with Gasteiger partial charge in [-0.1, -0.05) is 6.92 Å². The van der Waals surface area contributed by atoms with Crippen LogP contribution in [0.2, 0.25) is 0 Å². The molecule has 78 valence electrons. The van der Waals surface area contributed by atoms with Crippen molar-refractivity contribution in [2.45, 2.75) is 25.6 Å². The van der Waals surface area contributed by atoms with Crippen LogP contribution in [0.15, 0.2) is 12.4 Å². The lowest BCUT2D eigenvalue weighted by Crippen LogP contribution is -2.06. The summed E-state index contributed by atoms with van der Waals surface area (Å²) in [5.74, 6) is 3.04. The van der Waals surface area contributed by atoms with E-state index in [2.05, 4.69) is 22.2 Å². The highest BCUT2D eigenvalue weighted by atomic mass is 32.2. The number of thioether (sulfide) groups is 1. The molecule has 0 aliphatic carbocycles. The molecule has 1 aromatic heterocycles. The largest absolute Gasteiger partial charge is 0.316 e. The van der Waals surface area contributed by atoms with E-state index < -0.39 is 0 Å². The number of hydrogen-bond donors (Lipinski definition) is 1. The van der Waals surface area contributed by atoms with Gasteiger partial charge in [-0.2, -0.15) is 11.8 Å². The van der Waals surface area contributed by atoms with Crippen LogP contribution in [0.4, 0.5) is 0 Å². The second kappa shape index (κ2) is 6.79. The van der Waals surface area contributed by atoms with Gasteiger partial charge in [-0.25, -0.2) is 9.97 Å². The zero-order chi connectivity index (χ0) is 10.2. The number of aromatic nitrogens is 2. The van der Waals surface area contributed by atoms with E-state index in [0.717, 1.165) is 23.7 Å². The van der Waals surface area contributed by atoms with Gasteiger partial charge in [-0.3, -0.25) is 0 Å². The summed E-state index contributed by atoms with van der Waals surface area (Å²) in [5, 5.41) is 3.07. The van der Waals surface area contributed by atoms with Crippen LogP contribution in [-0.2, 0) is 12.3 Å². The van der Waals surface area contributed by atoms with Gasteiger partial charge in [0.2, 0.25) is 0 Å². The van der Waals surface area contributed by atoms with Gasteiger partial charge in [0.1, 0.15) is 5.82 Å². The minimum atomic E-state index is 0.836. The van der Waals surface area contributed by atoms with Crippen LogP contribution in [0.5, 0.6) is 0 Å². The van der Waals surface area contributed by atoms with E-state index in [1.165, 1.54) is 12.2 Å². The Bertz CT molecular complexity index is 248. The van der Waals surface area contributed by atoms with E-state index in [1.54, 1.807) is 0 Å². The zero-order valence-electron chi connectivity index (χ0n) is 8.79. The first kappa shape index (κ1) is 11.5. The normalized spacial score (nSPS) is 10.4. The molecule has 14 heavy (non-hydrogen) atoms. The lowest BCUT2D eigenvalue weighted by Gasteiger charge is -2.01. The summed E-state index contributed by atoms with van der Waals surface area (Å²) in [5.41, 5.74) is 1.14. The summed E-state index contributed by atoms with van der Waals surface area (Å²) in [6.45, 7) is 3.02. The third kappa shape index (κ3) is 4.07. The molecule has 4 heteroatoms. The van der Waals surface area contributed by atoms with Gasteiger partial charge in [0.05, 0.1) is 5.75 Å². The number of hydrogen-bond acceptors (Lipinski definition) is 4. The molecule has 0 aliphatic rings. The van der Waals surface area contributed by atoms with Gasteiger partial charge in [-0.05, 0) is 19.2 Å². The fourth-order valence-corrected chi connectivity index (χ4v) is 1.82. The summed E-state index contributed by atoms with van der Waals surface area (Å²) >= 11 is 1.88. The van der Waals surface area contributed by atoms with E-state index in [-0.39, 0.29) is 0 Å². The van der Waals surface area contributed by atoms with Crippen LogP contribution in [0, 0.1) is 0 Å². The third-order valence-electron chi connectivity index (χ3n) is 1.72. The van der Waals surface area contributed by atoms with Gasteiger partial charge in [-0.15, -0.1) is 0 Å². The molecule has 1 aromatic rings. The van der Waals surface area contributed by atoms with Crippen molar-refractivity contribution in [1.29, 1.82) is 0 Å². The summed E-state index contributed by atoms with van der Waals surface area (Å²) in [7, 11) is 1.92. The Hall–Kier alpha value is -0.610. The van der Waals surface area contributed by atoms with Crippen LogP contribution in [0.3, 0.4) is 0 Å². The van der Waals surface area contributed by atoms with Crippen LogP contribution >= 0.6 is 11.8 Å². The lowest BCUT2D eigenvalue weighted by molar-refractivity contribution is 0.801. The molecule has 0 aliphatic heterocycles. The van der Waals surface area contributed by atoms with Crippen molar-refractivity contribution in [2.24, 2.45) is 0 Å². The Labute approximate surface area is 89.7 Å². The molecule has 0 bridgehead atoms. The molecular formula is C10H17N3S. The SMILES string of the molecule is CCCSCc1ncc(CNC)cn1. The van der Waals surface area contributed by atoms with Crippen molar-refractivity contribution in [3.8, 4) is 0 Å². The molecule has 1 heterocycles. The summed E-state index contributed by atoms with van der Waals surface area (Å²) in [6.07, 6.45) is 5.00. The van der Waals surface area contributed by atoms with E-state index in [4.69, 9.17) is 0 Å². The van der Waals surface area contributed by atoms with E-state index >= 15 is 0 Å². The molecular weight excluding hydrogens is 194 g/mol. The summed E-state index contributed by atoms with van der Waals surface area (Å²) in [4.78, 5) is 8.59. The monoisotopic (exact) mass is 211 g/mol. The Kier molecular flexibility index (Phi) is 5.56. The van der Waals surface area contributed by atoms with Crippen LogP contribution in [-0.4, -0.2) is 22.8 Å². The maximum Gasteiger partial charge on any atom is 0.138 e. The van der Waals surface area contributed by atoms with Gasteiger partial charge in [0, 0.05) is 24.5 Å². The molecule has 0 atom stereocenters. The highest BCUT2D eigenvalue weighted by Crippen LogP contribution is 2.08. The standard InChI is InChI=1S/C10H17N3S/c1-3-4-14-8-10-12-6-9(5-11-2)7-13-10/h6-7,11H,3-5,8H2,1-2H3. The molecule has 0 radical (unpaired) electrons. The maximum atomic E-state index is 4.30. The molecule has 0 unspecified atom stereocenters. The second-order valence-corrected chi connectivity index (χ2v) is 4.20. The van der Waals surface area contributed by atoms with Gasteiger partial charge >= 0.3 is 0 Å². The Morgan fingerprint density at radius 1 is 1.36 bits per heavy atom. The highest BCUT2D eigenvalue weighted by Gasteiger charge is 1.97. The second-order valence-electron chi connectivity index (χ2n) is 3.09. The molecule has 0 amide bonds. The molecule has 0 spiro atoms. The number of nitrogens with zero attached hydrogens (tertiary/aromatic N) is 2. The highest BCUT2D eigenvalue weighted by molar-refractivity contribution is 7.98. The predicted molar refractivity (Wildman–Crippen MR) is 61.2 cm³/mol. The zero-order valence-corrected chi connectivity index (χ0v) is 9.60. The molecule has 0 aromatic carbocycles. The Morgan fingerprint density at radius 3 is 2.64 bits per heavy atom. The van der Waals surface area contributed by atoms with Crippen LogP contribution < -0.4 is 5.32 Å². The van der Waals surface area contributed by atoms with Gasteiger partial charge < -0.3 is 5.32 Å². The topological polar surface area (TPSA) is 37.8 Å². The summed E-state index contributed by atoms with van der Waals surface area (Å²) in [6, 6.07) is 0. The fourth-order valence-electron chi connectivity index (χ4n) is 1.06. The first-order valence-electron chi connectivity index (χ1n) is 4.89. The van der Waals surface area contributed by atoms with Crippen LogP contribution in [0.25, 0.3) is 0 Å². The lowest BCUT2D eigenvalue weighted by atomic mass is 10.3. The number of nitrogens with one attached hydrogen (secondary N) is 1. The van der Waals surface area contributed by atoms with Crippen molar-refractivity contribution >= 4 is 11.8 Å². The first-order chi connectivity index (χ1) is 6.86. The van der Waals surface area contributed by atoms with Crippen molar-refractivity contribution in [3.63, 3.8) is 0 Å². The van der Waals surface area contributed by atoms with Gasteiger partial charge in [0.25, 0.3) is 0 Å².